The Bertz CT molecular complexity index is 895. The van der Waals surface area contributed by atoms with E-state index >= 15 is 0 Å². The van der Waals surface area contributed by atoms with Crippen LogP contribution in [-0.2, 0) is 14.6 Å². The van der Waals surface area contributed by atoms with Crippen molar-refractivity contribution < 1.29 is 22.9 Å². The highest BCUT2D eigenvalue weighted by molar-refractivity contribution is 7.91. The van der Waals surface area contributed by atoms with Gasteiger partial charge in [0.1, 0.15) is 5.69 Å². The van der Waals surface area contributed by atoms with Crippen molar-refractivity contribution in [3.63, 3.8) is 0 Å². The number of sulfone groups is 1. The van der Waals surface area contributed by atoms with Crippen LogP contribution in [0.2, 0.25) is 0 Å². The van der Waals surface area contributed by atoms with Gasteiger partial charge < -0.3 is 4.90 Å². The molecule has 2 N–H and O–H groups in total. The monoisotopic (exact) mass is 410 g/mol. The molecule has 152 valence electrons. The molecule has 1 aromatic carbocycles. The molecule has 1 unspecified atom stereocenters. The summed E-state index contributed by atoms with van der Waals surface area (Å²) in [6.07, 6.45) is 2.35. The Morgan fingerprint density at radius 3 is 2.54 bits per heavy atom. The molecule has 2 saturated heterocycles. The van der Waals surface area contributed by atoms with Crippen LogP contribution in [0.3, 0.4) is 0 Å². The first-order valence-corrected chi connectivity index (χ1v) is 10.9. The second-order valence-corrected chi connectivity index (χ2v) is 9.36. The van der Waals surface area contributed by atoms with E-state index in [1.54, 1.807) is 6.07 Å². The third-order valence-electron chi connectivity index (χ3n) is 5.00. The lowest BCUT2D eigenvalue weighted by atomic mass is 10.1. The first-order valence-electron chi connectivity index (χ1n) is 9.08. The summed E-state index contributed by atoms with van der Waals surface area (Å²) < 4.78 is 22.8. The van der Waals surface area contributed by atoms with Gasteiger partial charge in [-0.15, -0.1) is 0 Å². The minimum absolute atomic E-state index is 0.00639. The molecule has 0 radical (unpaired) electrons. The molecule has 11 heteroatoms. The maximum absolute atomic E-state index is 12.2. The van der Waals surface area contributed by atoms with E-state index in [4.69, 9.17) is 0 Å². The van der Waals surface area contributed by atoms with Crippen LogP contribution in [0.1, 0.15) is 36.0 Å². The van der Waals surface area contributed by atoms with Crippen molar-refractivity contribution in [2.75, 3.05) is 29.5 Å². The summed E-state index contributed by atoms with van der Waals surface area (Å²) in [5, 5.41) is 11.4. The molecular weight excluding hydrogens is 388 g/mol. The lowest BCUT2D eigenvalue weighted by Gasteiger charge is -2.18. The number of nitro benzene ring substituents is 1. The molecular formula is C17H22N4O6S. The fourth-order valence-electron chi connectivity index (χ4n) is 3.58. The first-order chi connectivity index (χ1) is 13.2. The van der Waals surface area contributed by atoms with E-state index in [1.165, 1.54) is 12.1 Å². The van der Waals surface area contributed by atoms with Gasteiger partial charge in [-0.05, 0) is 37.3 Å². The Labute approximate surface area is 162 Å². The second kappa shape index (κ2) is 8.13. The molecule has 3 rings (SSSR count). The number of nitrogens with one attached hydrogen (secondary N) is 2. The van der Waals surface area contributed by atoms with E-state index in [0.29, 0.717) is 12.1 Å². The molecule has 0 spiro atoms. The van der Waals surface area contributed by atoms with Crippen LogP contribution in [-0.4, -0.2) is 49.8 Å². The third kappa shape index (κ3) is 4.77. The van der Waals surface area contributed by atoms with Gasteiger partial charge in [-0.2, -0.15) is 0 Å². The van der Waals surface area contributed by atoms with Crippen LogP contribution in [0.25, 0.3) is 0 Å². The van der Waals surface area contributed by atoms with E-state index in [-0.39, 0.29) is 35.1 Å². The van der Waals surface area contributed by atoms with E-state index in [1.807, 2.05) is 4.90 Å². The van der Waals surface area contributed by atoms with E-state index in [2.05, 4.69) is 10.9 Å². The van der Waals surface area contributed by atoms with Gasteiger partial charge in [0.25, 0.3) is 11.6 Å². The zero-order valence-corrected chi connectivity index (χ0v) is 16.0. The molecule has 0 bridgehead atoms. The fourth-order valence-corrected chi connectivity index (χ4v) is 5.44. The number of nitro groups is 1. The van der Waals surface area contributed by atoms with Gasteiger partial charge in [0.05, 0.1) is 16.4 Å². The fraction of sp³-hybridized carbons (Fsp3) is 0.529. The molecule has 2 fully saturated rings. The molecule has 2 heterocycles. The SMILES string of the molecule is O=C(CC1CCS(=O)(=O)C1)NNC(=O)c1ccc(N2CCCC2)c([N+](=O)[O-])c1. The Balaban J connectivity index is 1.60. The molecule has 1 aromatic rings. The lowest BCUT2D eigenvalue weighted by Crippen LogP contribution is -2.42. The molecule has 2 aliphatic rings. The molecule has 2 aliphatic heterocycles. The van der Waals surface area contributed by atoms with Crippen LogP contribution < -0.4 is 15.8 Å². The molecule has 0 aliphatic carbocycles. The highest BCUT2D eigenvalue weighted by atomic mass is 32.2. The quantitative estimate of drug-likeness (QED) is 0.540. The first kappa shape index (κ1) is 20.1. The van der Waals surface area contributed by atoms with Gasteiger partial charge in [0.15, 0.2) is 9.84 Å². The summed E-state index contributed by atoms with van der Waals surface area (Å²) in [5.74, 6) is -1.40. The Hall–Kier alpha value is -2.69. The maximum Gasteiger partial charge on any atom is 0.293 e. The highest BCUT2D eigenvalue weighted by Gasteiger charge is 2.29. The molecule has 0 aromatic heterocycles. The van der Waals surface area contributed by atoms with E-state index < -0.39 is 26.6 Å². The maximum atomic E-state index is 12.2. The molecule has 28 heavy (non-hydrogen) atoms. The lowest BCUT2D eigenvalue weighted by molar-refractivity contribution is -0.384. The van der Waals surface area contributed by atoms with Crippen LogP contribution >= 0.6 is 0 Å². The van der Waals surface area contributed by atoms with Crippen molar-refractivity contribution in [1.82, 2.24) is 10.9 Å². The van der Waals surface area contributed by atoms with Crippen molar-refractivity contribution in [1.29, 1.82) is 0 Å². The number of hydrogen-bond acceptors (Lipinski definition) is 7. The van der Waals surface area contributed by atoms with Crippen molar-refractivity contribution >= 4 is 33.0 Å². The van der Waals surface area contributed by atoms with Gasteiger partial charge in [0, 0.05) is 31.1 Å². The standard InChI is InChI=1S/C17H22N4O6S/c22-16(9-12-5-8-28(26,27)11-12)18-19-17(23)13-3-4-14(15(10-13)21(24)25)20-6-1-2-7-20/h3-4,10,12H,1-2,5-9,11H2,(H,18,22)(H,19,23). The average Bonchev–Trinajstić information content (AvgIpc) is 3.28. The summed E-state index contributed by atoms with van der Waals surface area (Å²) in [6, 6.07) is 4.22. The van der Waals surface area contributed by atoms with Crippen molar-refractivity contribution in [3.8, 4) is 0 Å². The number of benzene rings is 1. The minimum atomic E-state index is -3.07. The van der Waals surface area contributed by atoms with Crippen LogP contribution in [0.5, 0.6) is 0 Å². The van der Waals surface area contributed by atoms with Crippen molar-refractivity contribution in [3.05, 3.63) is 33.9 Å². The van der Waals surface area contributed by atoms with Gasteiger partial charge >= 0.3 is 0 Å². The predicted molar refractivity (Wildman–Crippen MR) is 102 cm³/mol. The predicted octanol–water partition coefficient (Wildman–Crippen LogP) is 0.781. The molecule has 0 saturated carbocycles. The number of hydrogen-bond donors (Lipinski definition) is 2. The van der Waals surface area contributed by atoms with Crippen LogP contribution in [0, 0.1) is 16.0 Å². The minimum Gasteiger partial charge on any atom is -0.366 e. The van der Waals surface area contributed by atoms with Crippen LogP contribution in [0.4, 0.5) is 11.4 Å². The van der Waals surface area contributed by atoms with Gasteiger partial charge in [-0.1, -0.05) is 0 Å². The van der Waals surface area contributed by atoms with Gasteiger partial charge in [0.2, 0.25) is 5.91 Å². The number of anilines is 1. The smallest absolute Gasteiger partial charge is 0.293 e. The Kier molecular flexibility index (Phi) is 5.82. The number of rotatable bonds is 5. The van der Waals surface area contributed by atoms with Crippen molar-refractivity contribution in [2.24, 2.45) is 5.92 Å². The number of amides is 2. The second-order valence-electron chi connectivity index (χ2n) is 7.13. The summed E-state index contributed by atoms with van der Waals surface area (Å²) in [7, 11) is -3.07. The Morgan fingerprint density at radius 1 is 1.21 bits per heavy atom. The molecule has 1 atom stereocenters. The highest BCUT2D eigenvalue weighted by Crippen LogP contribution is 2.31. The van der Waals surface area contributed by atoms with Crippen molar-refractivity contribution in [2.45, 2.75) is 25.7 Å². The van der Waals surface area contributed by atoms with E-state index in [9.17, 15) is 28.1 Å². The summed E-state index contributed by atoms with van der Waals surface area (Å²) >= 11 is 0. The van der Waals surface area contributed by atoms with Gasteiger partial charge in [-0.3, -0.25) is 30.6 Å². The summed E-state index contributed by atoms with van der Waals surface area (Å²) in [4.78, 5) is 36.9. The molecule has 10 nitrogen and oxygen atoms in total. The number of nitrogens with zero attached hydrogens (tertiary/aromatic N) is 2. The summed E-state index contributed by atoms with van der Waals surface area (Å²) in [5.41, 5.74) is 4.84. The third-order valence-corrected chi connectivity index (χ3v) is 6.83. The zero-order valence-electron chi connectivity index (χ0n) is 15.2. The Morgan fingerprint density at radius 2 is 1.93 bits per heavy atom. The number of carbonyl (C=O) groups excluding carboxylic acids is 2. The van der Waals surface area contributed by atoms with Gasteiger partial charge in [-0.25, -0.2) is 8.42 Å². The largest absolute Gasteiger partial charge is 0.366 e. The average molecular weight is 410 g/mol. The van der Waals surface area contributed by atoms with Crippen LogP contribution in [0.15, 0.2) is 18.2 Å². The number of carbonyl (C=O) groups is 2. The normalized spacial score (nSPS) is 20.7. The molecule has 2 amide bonds. The number of hydrazine groups is 1. The topological polar surface area (TPSA) is 139 Å². The van der Waals surface area contributed by atoms with E-state index in [0.717, 1.165) is 25.9 Å². The zero-order chi connectivity index (χ0) is 20.3. The summed E-state index contributed by atoms with van der Waals surface area (Å²) in [6.45, 7) is 1.47.